The van der Waals surface area contributed by atoms with Gasteiger partial charge in [-0.2, -0.15) is 0 Å². The SMILES string of the molecule is CCC(CC)n1cnc2c1CCNC2. The van der Waals surface area contributed by atoms with Crippen LogP contribution >= 0.6 is 0 Å². The molecule has 1 aromatic rings. The molecule has 0 saturated heterocycles. The lowest BCUT2D eigenvalue weighted by atomic mass is 10.1. The van der Waals surface area contributed by atoms with Gasteiger partial charge in [0.1, 0.15) is 0 Å². The molecule has 0 aromatic carbocycles. The minimum atomic E-state index is 0.643. The summed E-state index contributed by atoms with van der Waals surface area (Å²) in [5.74, 6) is 0. The molecule has 0 aliphatic carbocycles. The van der Waals surface area contributed by atoms with Gasteiger partial charge in [-0.25, -0.2) is 4.98 Å². The fourth-order valence-corrected chi connectivity index (χ4v) is 2.26. The van der Waals surface area contributed by atoms with Crippen LogP contribution in [0.2, 0.25) is 0 Å². The molecular weight excluding hydrogens is 174 g/mol. The van der Waals surface area contributed by atoms with Crippen molar-refractivity contribution < 1.29 is 0 Å². The zero-order valence-electron chi connectivity index (χ0n) is 9.08. The van der Waals surface area contributed by atoms with Gasteiger partial charge in [-0.05, 0) is 12.8 Å². The van der Waals surface area contributed by atoms with Gasteiger partial charge in [0.25, 0.3) is 0 Å². The second-order valence-electron chi connectivity index (χ2n) is 3.94. The van der Waals surface area contributed by atoms with Crippen molar-refractivity contribution in [2.24, 2.45) is 0 Å². The van der Waals surface area contributed by atoms with Gasteiger partial charge in [0.2, 0.25) is 0 Å². The average Bonchev–Trinajstić information content (AvgIpc) is 2.65. The molecule has 1 aromatic heterocycles. The smallest absolute Gasteiger partial charge is 0.0954 e. The molecule has 0 radical (unpaired) electrons. The van der Waals surface area contributed by atoms with E-state index in [0.717, 1.165) is 19.5 Å². The number of fused-ring (bicyclic) bond motifs is 1. The highest BCUT2D eigenvalue weighted by Gasteiger charge is 2.17. The number of rotatable bonds is 3. The maximum atomic E-state index is 4.47. The van der Waals surface area contributed by atoms with Crippen molar-refractivity contribution in [2.45, 2.75) is 45.7 Å². The van der Waals surface area contributed by atoms with Crippen molar-refractivity contribution in [1.29, 1.82) is 0 Å². The van der Waals surface area contributed by atoms with Gasteiger partial charge in [0.15, 0.2) is 0 Å². The third-order valence-corrected chi connectivity index (χ3v) is 3.15. The van der Waals surface area contributed by atoms with Crippen molar-refractivity contribution in [3.8, 4) is 0 Å². The predicted molar refractivity (Wildman–Crippen MR) is 57.3 cm³/mol. The Balaban J connectivity index is 2.29. The molecule has 0 atom stereocenters. The first-order valence-corrected chi connectivity index (χ1v) is 5.62. The van der Waals surface area contributed by atoms with Crippen LogP contribution in [0.15, 0.2) is 6.33 Å². The van der Waals surface area contributed by atoms with Gasteiger partial charge < -0.3 is 9.88 Å². The van der Waals surface area contributed by atoms with E-state index < -0.39 is 0 Å². The molecule has 0 spiro atoms. The lowest BCUT2D eigenvalue weighted by molar-refractivity contribution is 0.449. The number of imidazole rings is 1. The molecule has 1 aliphatic rings. The van der Waals surface area contributed by atoms with Crippen LogP contribution in [-0.4, -0.2) is 16.1 Å². The topological polar surface area (TPSA) is 29.9 Å². The summed E-state index contributed by atoms with van der Waals surface area (Å²) in [4.78, 5) is 4.47. The third-order valence-electron chi connectivity index (χ3n) is 3.15. The van der Waals surface area contributed by atoms with Gasteiger partial charge in [-0.1, -0.05) is 13.8 Å². The number of hydrogen-bond donors (Lipinski definition) is 1. The van der Waals surface area contributed by atoms with Crippen LogP contribution in [0.4, 0.5) is 0 Å². The standard InChI is InChI=1S/C11H19N3/c1-3-9(4-2)14-8-13-10-7-12-6-5-11(10)14/h8-9,12H,3-7H2,1-2H3. The molecule has 3 heteroatoms. The van der Waals surface area contributed by atoms with E-state index in [1.165, 1.54) is 24.2 Å². The van der Waals surface area contributed by atoms with Crippen LogP contribution in [0, 0.1) is 0 Å². The van der Waals surface area contributed by atoms with Crippen molar-refractivity contribution in [1.82, 2.24) is 14.9 Å². The Labute approximate surface area is 85.5 Å². The summed E-state index contributed by atoms with van der Waals surface area (Å²) in [6, 6.07) is 0.643. The van der Waals surface area contributed by atoms with Gasteiger partial charge in [0.05, 0.1) is 12.0 Å². The number of hydrogen-bond acceptors (Lipinski definition) is 2. The van der Waals surface area contributed by atoms with Crippen LogP contribution in [0.25, 0.3) is 0 Å². The summed E-state index contributed by atoms with van der Waals surface area (Å²) < 4.78 is 2.39. The normalized spacial score (nSPS) is 15.9. The number of nitrogens with zero attached hydrogens (tertiary/aromatic N) is 2. The molecule has 1 aliphatic heterocycles. The highest BCUT2D eigenvalue weighted by molar-refractivity contribution is 5.17. The molecule has 1 N–H and O–H groups in total. The van der Waals surface area contributed by atoms with E-state index in [0.29, 0.717) is 6.04 Å². The minimum absolute atomic E-state index is 0.643. The van der Waals surface area contributed by atoms with Crippen LogP contribution < -0.4 is 5.32 Å². The van der Waals surface area contributed by atoms with E-state index in [1.54, 1.807) is 0 Å². The molecule has 0 fully saturated rings. The fourth-order valence-electron chi connectivity index (χ4n) is 2.26. The lowest BCUT2D eigenvalue weighted by Crippen LogP contribution is -2.25. The van der Waals surface area contributed by atoms with Gasteiger partial charge in [0, 0.05) is 31.2 Å². The van der Waals surface area contributed by atoms with Crippen molar-refractivity contribution in [2.75, 3.05) is 6.54 Å². The highest BCUT2D eigenvalue weighted by atomic mass is 15.1. The second kappa shape index (κ2) is 4.13. The average molecular weight is 193 g/mol. The van der Waals surface area contributed by atoms with Crippen molar-refractivity contribution >= 4 is 0 Å². The Morgan fingerprint density at radius 1 is 1.50 bits per heavy atom. The van der Waals surface area contributed by atoms with Crippen molar-refractivity contribution in [3.05, 3.63) is 17.7 Å². The van der Waals surface area contributed by atoms with Crippen LogP contribution in [-0.2, 0) is 13.0 Å². The first-order valence-electron chi connectivity index (χ1n) is 5.62. The summed E-state index contributed by atoms with van der Waals surface area (Å²) in [5.41, 5.74) is 2.71. The maximum Gasteiger partial charge on any atom is 0.0954 e. The zero-order valence-corrected chi connectivity index (χ0v) is 9.08. The van der Waals surface area contributed by atoms with E-state index in [1.807, 2.05) is 6.33 Å². The molecule has 78 valence electrons. The second-order valence-corrected chi connectivity index (χ2v) is 3.94. The molecule has 0 bridgehead atoms. The summed E-state index contributed by atoms with van der Waals surface area (Å²) in [6.07, 6.45) is 5.56. The Morgan fingerprint density at radius 3 is 3.00 bits per heavy atom. The number of nitrogens with one attached hydrogen (secondary N) is 1. The first-order chi connectivity index (χ1) is 6.86. The molecule has 2 rings (SSSR count). The number of aromatic nitrogens is 2. The molecular formula is C11H19N3. The Hall–Kier alpha value is -0.830. The molecule has 0 amide bonds. The maximum absolute atomic E-state index is 4.47. The quantitative estimate of drug-likeness (QED) is 0.794. The monoisotopic (exact) mass is 193 g/mol. The molecule has 2 heterocycles. The van der Waals surface area contributed by atoms with E-state index in [2.05, 4.69) is 28.7 Å². The Bertz CT molecular complexity index is 299. The lowest BCUT2D eigenvalue weighted by Gasteiger charge is -2.20. The Morgan fingerprint density at radius 2 is 2.29 bits per heavy atom. The predicted octanol–water partition coefficient (Wildman–Crippen LogP) is 1.89. The molecule has 3 nitrogen and oxygen atoms in total. The summed E-state index contributed by atoms with van der Waals surface area (Å²) in [5, 5.41) is 3.35. The zero-order chi connectivity index (χ0) is 9.97. The van der Waals surface area contributed by atoms with Crippen LogP contribution in [0.1, 0.15) is 44.1 Å². The fraction of sp³-hybridized carbons (Fsp3) is 0.727. The summed E-state index contributed by atoms with van der Waals surface area (Å²) >= 11 is 0. The summed E-state index contributed by atoms with van der Waals surface area (Å²) in [6.45, 7) is 6.55. The minimum Gasteiger partial charge on any atom is -0.331 e. The van der Waals surface area contributed by atoms with Gasteiger partial charge in [-0.15, -0.1) is 0 Å². The first kappa shape index (κ1) is 9.71. The van der Waals surface area contributed by atoms with E-state index >= 15 is 0 Å². The van der Waals surface area contributed by atoms with E-state index in [4.69, 9.17) is 0 Å². The van der Waals surface area contributed by atoms with Gasteiger partial charge in [-0.3, -0.25) is 0 Å². The molecule has 0 unspecified atom stereocenters. The molecule has 0 saturated carbocycles. The highest BCUT2D eigenvalue weighted by Crippen LogP contribution is 2.21. The van der Waals surface area contributed by atoms with E-state index in [9.17, 15) is 0 Å². The van der Waals surface area contributed by atoms with E-state index in [-0.39, 0.29) is 0 Å². The van der Waals surface area contributed by atoms with Crippen LogP contribution in [0.3, 0.4) is 0 Å². The largest absolute Gasteiger partial charge is 0.331 e. The Kier molecular flexibility index (Phi) is 2.87. The van der Waals surface area contributed by atoms with Crippen molar-refractivity contribution in [3.63, 3.8) is 0 Å². The summed E-state index contributed by atoms with van der Waals surface area (Å²) in [7, 11) is 0. The van der Waals surface area contributed by atoms with Gasteiger partial charge >= 0.3 is 0 Å². The third kappa shape index (κ3) is 1.57. The van der Waals surface area contributed by atoms with Crippen LogP contribution in [0.5, 0.6) is 0 Å². The molecule has 14 heavy (non-hydrogen) atoms.